The molecule has 0 aliphatic carbocycles. The Kier molecular flexibility index (Phi) is 1.44. The zero-order valence-corrected chi connectivity index (χ0v) is 4.91. The highest BCUT2D eigenvalue weighted by molar-refractivity contribution is 5.59. The molecule has 1 aromatic heterocycles. The van der Waals surface area contributed by atoms with E-state index in [-0.39, 0.29) is 0 Å². The lowest BCUT2D eigenvalue weighted by molar-refractivity contribution is 1.29. The largest absolute Gasteiger partial charge is 0.396 e. The number of pyridine rings is 1. The van der Waals surface area contributed by atoms with Crippen molar-refractivity contribution in [3.05, 3.63) is 18.3 Å². The minimum Gasteiger partial charge on any atom is -0.396 e. The van der Waals surface area contributed by atoms with Gasteiger partial charge < -0.3 is 5.73 Å². The molecule has 0 atom stereocenters. The third-order valence-electron chi connectivity index (χ3n) is 0.967. The Morgan fingerprint density at radius 3 is 2.89 bits per heavy atom. The summed E-state index contributed by atoms with van der Waals surface area (Å²) in [5, 5.41) is 0. The van der Waals surface area contributed by atoms with Crippen molar-refractivity contribution in [2.24, 2.45) is 4.99 Å². The average molecular weight is 121 g/mol. The number of hydrogen-bond acceptors (Lipinski definition) is 3. The van der Waals surface area contributed by atoms with Gasteiger partial charge in [0, 0.05) is 6.20 Å². The van der Waals surface area contributed by atoms with E-state index in [1.165, 1.54) is 0 Å². The fourth-order valence-corrected chi connectivity index (χ4v) is 0.542. The third kappa shape index (κ3) is 1.05. The maximum absolute atomic E-state index is 5.43. The summed E-state index contributed by atoms with van der Waals surface area (Å²) < 4.78 is 0. The third-order valence-corrected chi connectivity index (χ3v) is 0.967. The molecule has 0 aromatic carbocycles. The summed E-state index contributed by atoms with van der Waals surface area (Å²) in [4.78, 5) is 7.43. The summed E-state index contributed by atoms with van der Waals surface area (Å²) >= 11 is 0. The van der Waals surface area contributed by atoms with Crippen LogP contribution < -0.4 is 5.73 Å². The molecule has 0 bridgehead atoms. The second kappa shape index (κ2) is 2.26. The Hall–Kier alpha value is -1.38. The van der Waals surface area contributed by atoms with Crippen molar-refractivity contribution in [2.75, 3.05) is 5.73 Å². The van der Waals surface area contributed by atoms with Gasteiger partial charge in [0.05, 0.1) is 5.69 Å². The van der Waals surface area contributed by atoms with Crippen LogP contribution in [0.1, 0.15) is 0 Å². The maximum Gasteiger partial charge on any atom is 0.174 e. The quantitative estimate of drug-likeness (QED) is 0.563. The summed E-state index contributed by atoms with van der Waals surface area (Å²) in [7, 11) is 0. The van der Waals surface area contributed by atoms with E-state index in [4.69, 9.17) is 5.73 Å². The zero-order chi connectivity index (χ0) is 6.69. The normalized spacial score (nSPS) is 8.89. The molecule has 3 nitrogen and oxygen atoms in total. The zero-order valence-electron chi connectivity index (χ0n) is 4.91. The summed E-state index contributed by atoms with van der Waals surface area (Å²) in [6.07, 6.45) is 1.63. The molecule has 0 saturated carbocycles. The lowest BCUT2D eigenvalue weighted by atomic mass is 10.4. The number of aliphatic imine (C=N–C) groups is 1. The molecule has 0 spiro atoms. The number of hydrogen-bond donors (Lipinski definition) is 1. The average Bonchev–Trinajstić information content (AvgIpc) is 1.89. The molecule has 0 aliphatic heterocycles. The van der Waals surface area contributed by atoms with Crippen LogP contribution in [0.4, 0.5) is 11.5 Å². The molecule has 1 heterocycles. The Bertz CT molecular complexity index is 219. The van der Waals surface area contributed by atoms with Crippen molar-refractivity contribution < 1.29 is 0 Å². The molecule has 46 valence electrons. The number of aromatic nitrogens is 1. The lowest BCUT2D eigenvalue weighted by Crippen LogP contribution is -1.85. The van der Waals surface area contributed by atoms with E-state index in [9.17, 15) is 0 Å². The van der Waals surface area contributed by atoms with E-state index in [1.54, 1.807) is 18.3 Å². The Labute approximate surface area is 53.3 Å². The maximum atomic E-state index is 5.43. The van der Waals surface area contributed by atoms with Gasteiger partial charge in [0.25, 0.3) is 0 Å². The number of nitrogens with zero attached hydrogens (tertiary/aromatic N) is 2. The van der Waals surface area contributed by atoms with Crippen molar-refractivity contribution in [1.29, 1.82) is 0 Å². The van der Waals surface area contributed by atoms with Crippen molar-refractivity contribution in [1.82, 2.24) is 4.98 Å². The predicted molar refractivity (Wildman–Crippen MR) is 37.9 cm³/mol. The fraction of sp³-hybridized carbons (Fsp3) is 0. The standard InChI is InChI=1S/C6H7N3/c1-8-6-5(7)3-2-4-9-6/h2-4H,1,7H2. The fourth-order valence-electron chi connectivity index (χ4n) is 0.542. The van der Waals surface area contributed by atoms with Crippen LogP contribution in [-0.2, 0) is 0 Å². The van der Waals surface area contributed by atoms with Crippen LogP contribution in [-0.4, -0.2) is 11.7 Å². The van der Waals surface area contributed by atoms with E-state index >= 15 is 0 Å². The minimum absolute atomic E-state index is 0.498. The number of nitrogens with two attached hydrogens (primary N) is 1. The van der Waals surface area contributed by atoms with Gasteiger partial charge in [-0.2, -0.15) is 0 Å². The monoisotopic (exact) mass is 121 g/mol. The van der Waals surface area contributed by atoms with Crippen LogP contribution in [0, 0.1) is 0 Å². The highest BCUT2D eigenvalue weighted by Gasteiger charge is 1.90. The predicted octanol–water partition coefficient (Wildman–Crippen LogP) is 0.996. The van der Waals surface area contributed by atoms with Gasteiger partial charge in [-0.1, -0.05) is 0 Å². The summed E-state index contributed by atoms with van der Waals surface area (Å²) in [5.74, 6) is 0.498. The smallest absolute Gasteiger partial charge is 0.174 e. The minimum atomic E-state index is 0.498. The molecule has 1 rings (SSSR count). The van der Waals surface area contributed by atoms with Gasteiger partial charge in [-0.3, -0.25) is 0 Å². The molecule has 0 unspecified atom stereocenters. The molecule has 0 saturated heterocycles. The molecule has 0 amide bonds. The molecular weight excluding hydrogens is 114 g/mol. The topological polar surface area (TPSA) is 51.3 Å². The second-order valence-electron chi connectivity index (χ2n) is 1.57. The van der Waals surface area contributed by atoms with Crippen LogP contribution in [0.15, 0.2) is 23.3 Å². The van der Waals surface area contributed by atoms with Crippen molar-refractivity contribution in [2.45, 2.75) is 0 Å². The van der Waals surface area contributed by atoms with E-state index in [1.807, 2.05) is 0 Å². The van der Waals surface area contributed by atoms with E-state index < -0.39 is 0 Å². The summed E-state index contributed by atoms with van der Waals surface area (Å²) in [6, 6.07) is 3.49. The Morgan fingerprint density at radius 2 is 2.44 bits per heavy atom. The van der Waals surface area contributed by atoms with Crippen LogP contribution >= 0.6 is 0 Å². The molecule has 9 heavy (non-hydrogen) atoms. The first kappa shape index (κ1) is 5.75. The van der Waals surface area contributed by atoms with Gasteiger partial charge in [-0.15, -0.1) is 0 Å². The number of nitrogen functional groups attached to an aromatic ring is 1. The number of anilines is 1. The second-order valence-corrected chi connectivity index (χ2v) is 1.57. The molecule has 0 fully saturated rings. The summed E-state index contributed by atoms with van der Waals surface area (Å²) in [5.41, 5.74) is 6.00. The molecule has 1 aromatic rings. The van der Waals surface area contributed by atoms with Gasteiger partial charge >= 0.3 is 0 Å². The first-order valence-corrected chi connectivity index (χ1v) is 2.52. The molecule has 2 N–H and O–H groups in total. The highest BCUT2D eigenvalue weighted by atomic mass is 14.9. The summed E-state index contributed by atoms with van der Waals surface area (Å²) in [6.45, 7) is 3.30. The molecule has 0 aliphatic rings. The van der Waals surface area contributed by atoms with Crippen molar-refractivity contribution in [3.63, 3.8) is 0 Å². The van der Waals surface area contributed by atoms with Gasteiger partial charge in [0.15, 0.2) is 5.82 Å². The van der Waals surface area contributed by atoms with Gasteiger partial charge in [0.1, 0.15) is 0 Å². The van der Waals surface area contributed by atoms with E-state index in [0.717, 1.165) is 0 Å². The highest BCUT2D eigenvalue weighted by Crippen LogP contribution is 2.14. The SMILES string of the molecule is C=Nc1ncccc1N. The van der Waals surface area contributed by atoms with E-state index in [0.29, 0.717) is 11.5 Å². The first-order valence-electron chi connectivity index (χ1n) is 2.52. The molecular formula is C6H7N3. The first-order chi connectivity index (χ1) is 4.34. The van der Waals surface area contributed by atoms with Crippen LogP contribution in [0.25, 0.3) is 0 Å². The van der Waals surface area contributed by atoms with Crippen LogP contribution in [0.5, 0.6) is 0 Å². The van der Waals surface area contributed by atoms with Gasteiger partial charge in [-0.25, -0.2) is 9.98 Å². The Balaban J connectivity index is 3.15. The number of rotatable bonds is 1. The van der Waals surface area contributed by atoms with Gasteiger partial charge in [-0.05, 0) is 18.9 Å². The molecule has 0 radical (unpaired) electrons. The Morgan fingerprint density at radius 1 is 1.67 bits per heavy atom. The van der Waals surface area contributed by atoms with Crippen molar-refractivity contribution in [3.8, 4) is 0 Å². The van der Waals surface area contributed by atoms with Crippen LogP contribution in [0.3, 0.4) is 0 Å². The van der Waals surface area contributed by atoms with Crippen LogP contribution in [0.2, 0.25) is 0 Å². The van der Waals surface area contributed by atoms with Crippen molar-refractivity contribution >= 4 is 18.2 Å². The van der Waals surface area contributed by atoms with Gasteiger partial charge in [0.2, 0.25) is 0 Å². The lowest BCUT2D eigenvalue weighted by Gasteiger charge is -1.93. The molecule has 3 heteroatoms. The van der Waals surface area contributed by atoms with E-state index in [2.05, 4.69) is 16.7 Å².